The zero-order chi connectivity index (χ0) is 25.6. The Kier molecular flexibility index (Phi) is 7.23. The van der Waals surface area contributed by atoms with Crippen LogP contribution in [-0.4, -0.2) is 24.7 Å². The van der Waals surface area contributed by atoms with Gasteiger partial charge in [0.15, 0.2) is 6.61 Å². The molecule has 1 amide bonds. The first-order valence-electron chi connectivity index (χ1n) is 11.5. The molecular formula is C30H21BrN2O4. The number of hydrogen-bond donors (Lipinski definition) is 1. The molecule has 5 aromatic rings. The number of carbonyl (C=O) groups is 2. The van der Waals surface area contributed by atoms with Crippen molar-refractivity contribution in [2.45, 2.75) is 0 Å². The highest BCUT2D eigenvalue weighted by atomic mass is 79.9. The molecule has 0 heterocycles. The molecule has 37 heavy (non-hydrogen) atoms. The Labute approximate surface area is 221 Å². The van der Waals surface area contributed by atoms with E-state index in [9.17, 15) is 9.59 Å². The number of amides is 1. The lowest BCUT2D eigenvalue weighted by atomic mass is 10.0. The van der Waals surface area contributed by atoms with Gasteiger partial charge in [-0.2, -0.15) is 5.10 Å². The molecule has 0 aromatic heterocycles. The molecule has 0 fully saturated rings. The van der Waals surface area contributed by atoms with E-state index in [0.717, 1.165) is 26.0 Å². The predicted molar refractivity (Wildman–Crippen MR) is 148 cm³/mol. The summed E-state index contributed by atoms with van der Waals surface area (Å²) < 4.78 is 12.2. The van der Waals surface area contributed by atoms with Gasteiger partial charge < -0.3 is 9.47 Å². The second-order valence-corrected chi connectivity index (χ2v) is 8.93. The SMILES string of the molecule is O=C(COc1ccc2ccccc2c1Br)N/N=C/c1c(OC(=O)c2ccccc2)ccc2ccccc12. The van der Waals surface area contributed by atoms with Gasteiger partial charge in [0.05, 0.1) is 16.3 Å². The van der Waals surface area contributed by atoms with Crippen molar-refractivity contribution in [1.29, 1.82) is 0 Å². The molecule has 0 aliphatic heterocycles. The van der Waals surface area contributed by atoms with Gasteiger partial charge in [-0.3, -0.25) is 4.79 Å². The van der Waals surface area contributed by atoms with E-state index in [1.54, 1.807) is 30.3 Å². The maximum absolute atomic E-state index is 12.7. The molecule has 0 atom stereocenters. The van der Waals surface area contributed by atoms with Crippen LogP contribution in [0.4, 0.5) is 0 Å². The third-order valence-electron chi connectivity index (χ3n) is 5.71. The minimum Gasteiger partial charge on any atom is -0.483 e. The van der Waals surface area contributed by atoms with Gasteiger partial charge in [-0.1, -0.05) is 78.9 Å². The third-order valence-corrected chi connectivity index (χ3v) is 6.53. The van der Waals surface area contributed by atoms with Crippen LogP contribution < -0.4 is 14.9 Å². The normalized spacial score (nSPS) is 11.1. The van der Waals surface area contributed by atoms with Gasteiger partial charge in [0.1, 0.15) is 11.5 Å². The molecule has 0 spiro atoms. The summed E-state index contributed by atoms with van der Waals surface area (Å²) in [5.74, 6) is -0.0211. The van der Waals surface area contributed by atoms with Crippen LogP contribution in [0.15, 0.2) is 113 Å². The minimum atomic E-state index is -0.482. The molecule has 5 rings (SSSR count). The number of carbonyl (C=O) groups excluding carboxylic acids is 2. The zero-order valence-corrected chi connectivity index (χ0v) is 21.1. The third kappa shape index (κ3) is 5.52. The van der Waals surface area contributed by atoms with Gasteiger partial charge in [0.25, 0.3) is 5.91 Å². The number of ether oxygens (including phenoxy) is 2. The molecule has 0 radical (unpaired) electrons. The van der Waals surface area contributed by atoms with Crippen molar-refractivity contribution in [3.63, 3.8) is 0 Å². The van der Waals surface area contributed by atoms with E-state index < -0.39 is 11.9 Å². The lowest BCUT2D eigenvalue weighted by Gasteiger charge is -2.11. The fourth-order valence-corrected chi connectivity index (χ4v) is 4.51. The molecule has 0 aliphatic rings. The molecule has 1 N–H and O–H groups in total. The number of fused-ring (bicyclic) bond motifs is 2. The molecule has 0 saturated heterocycles. The van der Waals surface area contributed by atoms with Crippen LogP contribution in [0.5, 0.6) is 11.5 Å². The second-order valence-electron chi connectivity index (χ2n) is 8.13. The fraction of sp³-hybridized carbons (Fsp3) is 0.0333. The molecule has 0 saturated carbocycles. The zero-order valence-electron chi connectivity index (χ0n) is 19.6. The van der Waals surface area contributed by atoms with E-state index in [-0.39, 0.29) is 6.61 Å². The van der Waals surface area contributed by atoms with E-state index in [0.29, 0.717) is 22.6 Å². The summed E-state index contributed by atoms with van der Waals surface area (Å²) in [6.45, 7) is -0.223. The first kappa shape index (κ1) is 24.2. The highest BCUT2D eigenvalue weighted by Crippen LogP contribution is 2.33. The monoisotopic (exact) mass is 552 g/mol. The van der Waals surface area contributed by atoms with E-state index in [1.807, 2.05) is 72.8 Å². The fourth-order valence-electron chi connectivity index (χ4n) is 3.90. The first-order valence-corrected chi connectivity index (χ1v) is 12.3. The van der Waals surface area contributed by atoms with Crippen molar-refractivity contribution in [3.05, 3.63) is 119 Å². The second kappa shape index (κ2) is 11.1. The average Bonchev–Trinajstić information content (AvgIpc) is 2.94. The topological polar surface area (TPSA) is 77.0 Å². The molecule has 0 bridgehead atoms. The van der Waals surface area contributed by atoms with Crippen molar-refractivity contribution < 1.29 is 19.1 Å². The Morgan fingerprint density at radius 2 is 1.38 bits per heavy atom. The Morgan fingerprint density at radius 3 is 2.14 bits per heavy atom. The van der Waals surface area contributed by atoms with Crippen LogP contribution in [0.25, 0.3) is 21.5 Å². The summed E-state index contributed by atoms with van der Waals surface area (Å²) in [5, 5.41) is 7.94. The first-order chi connectivity index (χ1) is 18.1. The molecular weight excluding hydrogens is 532 g/mol. The number of hydrogen-bond acceptors (Lipinski definition) is 5. The van der Waals surface area contributed by atoms with Crippen molar-refractivity contribution in [2.24, 2.45) is 5.10 Å². The van der Waals surface area contributed by atoms with Crippen molar-refractivity contribution in [1.82, 2.24) is 5.43 Å². The number of nitrogens with zero attached hydrogens (tertiary/aromatic N) is 1. The van der Waals surface area contributed by atoms with Crippen LogP contribution >= 0.6 is 15.9 Å². The number of nitrogens with one attached hydrogen (secondary N) is 1. The maximum Gasteiger partial charge on any atom is 0.343 e. The molecule has 0 unspecified atom stereocenters. The Bertz CT molecular complexity index is 1630. The number of hydrazone groups is 1. The average molecular weight is 553 g/mol. The Morgan fingerprint density at radius 1 is 0.757 bits per heavy atom. The van der Waals surface area contributed by atoms with Gasteiger partial charge in [-0.05, 0) is 61.7 Å². The summed E-state index contributed by atoms with van der Waals surface area (Å²) in [5.41, 5.74) is 3.49. The highest BCUT2D eigenvalue weighted by molar-refractivity contribution is 9.10. The number of esters is 1. The summed E-state index contributed by atoms with van der Waals surface area (Å²) in [6, 6.07) is 31.6. The van der Waals surface area contributed by atoms with Crippen LogP contribution in [0.1, 0.15) is 15.9 Å². The van der Waals surface area contributed by atoms with Gasteiger partial charge in [-0.25, -0.2) is 10.2 Å². The summed E-state index contributed by atoms with van der Waals surface area (Å²) in [7, 11) is 0. The number of rotatable bonds is 7. The standard InChI is InChI=1S/C30H21BrN2O4/c31-29-24-13-7-5-9-21(24)15-17-27(29)36-19-28(34)33-32-18-25-23-12-6-4-8-20(23)14-16-26(25)37-30(35)22-10-2-1-3-11-22/h1-18H,19H2,(H,33,34)/b32-18+. The van der Waals surface area contributed by atoms with Crippen molar-refractivity contribution >= 4 is 55.6 Å². The molecule has 0 aliphatic carbocycles. The lowest BCUT2D eigenvalue weighted by Crippen LogP contribution is -2.24. The van der Waals surface area contributed by atoms with Gasteiger partial charge in [0.2, 0.25) is 0 Å². The predicted octanol–water partition coefficient (Wildman–Crippen LogP) is 6.50. The van der Waals surface area contributed by atoms with Crippen LogP contribution in [0.3, 0.4) is 0 Å². The van der Waals surface area contributed by atoms with Gasteiger partial charge in [-0.15, -0.1) is 0 Å². The highest BCUT2D eigenvalue weighted by Gasteiger charge is 2.14. The van der Waals surface area contributed by atoms with Crippen LogP contribution in [-0.2, 0) is 4.79 Å². The quantitative estimate of drug-likeness (QED) is 0.108. The number of benzene rings is 5. The molecule has 5 aromatic carbocycles. The number of halogens is 1. The molecule has 182 valence electrons. The maximum atomic E-state index is 12.7. The van der Waals surface area contributed by atoms with Crippen molar-refractivity contribution in [2.75, 3.05) is 6.61 Å². The minimum absolute atomic E-state index is 0.223. The molecule has 7 heteroatoms. The van der Waals surface area contributed by atoms with Crippen molar-refractivity contribution in [3.8, 4) is 11.5 Å². The summed E-state index contributed by atoms with van der Waals surface area (Å²) >= 11 is 3.55. The van der Waals surface area contributed by atoms with E-state index in [4.69, 9.17) is 9.47 Å². The summed E-state index contributed by atoms with van der Waals surface area (Å²) in [6.07, 6.45) is 1.47. The van der Waals surface area contributed by atoms with E-state index in [1.165, 1.54) is 6.21 Å². The smallest absolute Gasteiger partial charge is 0.343 e. The molecule has 6 nitrogen and oxygen atoms in total. The largest absolute Gasteiger partial charge is 0.483 e. The van der Waals surface area contributed by atoms with Crippen LogP contribution in [0.2, 0.25) is 0 Å². The summed E-state index contributed by atoms with van der Waals surface area (Å²) in [4.78, 5) is 25.1. The van der Waals surface area contributed by atoms with E-state index >= 15 is 0 Å². The van der Waals surface area contributed by atoms with Crippen LogP contribution in [0, 0.1) is 0 Å². The Hall–Kier alpha value is -4.49. The lowest BCUT2D eigenvalue weighted by molar-refractivity contribution is -0.123. The van der Waals surface area contributed by atoms with Gasteiger partial charge >= 0.3 is 5.97 Å². The van der Waals surface area contributed by atoms with E-state index in [2.05, 4.69) is 26.5 Å². The van der Waals surface area contributed by atoms with Gasteiger partial charge in [0, 0.05) is 5.56 Å². The Balaban J connectivity index is 1.31.